The van der Waals surface area contributed by atoms with E-state index in [4.69, 9.17) is 0 Å². The Morgan fingerprint density at radius 1 is 0.750 bits per heavy atom. The molecule has 1 aromatic heterocycles. The van der Waals surface area contributed by atoms with E-state index in [1.54, 1.807) is 31.3 Å². The molecule has 0 bridgehead atoms. The number of H-pyrrole nitrogens is 1. The van der Waals surface area contributed by atoms with Crippen LogP contribution in [0.3, 0.4) is 0 Å². The summed E-state index contributed by atoms with van der Waals surface area (Å²) in [6.45, 7) is 7.61. The molecule has 0 aliphatic heterocycles. The number of aromatic amines is 1. The first kappa shape index (κ1) is 27.8. The Morgan fingerprint density at radius 2 is 1.31 bits per heavy atom. The lowest BCUT2D eigenvalue weighted by molar-refractivity contribution is -0.385. The first-order valence-electron chi connectivity index (χ1n) is 11.3. The number of hydrogen-bond acceptors (Lipinski definition) is 5. The van der Waals surface area contributed by atoms with Gasteiger partial charge in [-0.15, -0.1) is 0 Å². The van der Waals surface area contributed by atoms with Crippen molar-refractivity contribution in [1.29, 1.82) is 0 Å². The van der Waals surface area contributed by atoms with Crippen LogP contribution < -0.4 is 0 Å². The van der Waals surface area contributed by atoms with Gasteiger partial charge in [0.1, 0.15) is 0 Å². The molecule has 0 radical (unpaired) electrons. The van der Waals surface area contributed by atoms with E-state index in [1.165, 1.54) is 28.6 Å². The molecule has 188 valence electrons. The molecule has 1 N–H and O–H groups in total. The zero-order chi connectivity index (χ0) is 26.8. The summed E-state index contributed by atoms with van der Waals surface area (Å²) < 4.78 is 0. The number of nitro groups is 2. The lowest BCUT2D eigenvalue weighted by Gasteiger charge is -2.05. The normalized spacial score (nSPS) is 10.3. The molecule has 36 heavy (non-hydrogen) atoms. The zero-order valence-corrected chi connectivity index (χ0v) is 21.5. The van der Waals surface area contributed by atoms with Crippen molar-refractivity contribution < 1.29 is 9.85 Å². The monoisotopic (exact) mass is 488 g/mol. The largest absolute Gasteiger partial charge is 0.383 e. The summed E-state index contributed by atoms with van der Waals surface area (Å²) in [5, 5.41) is 22.5. The van der Waals surface area contributed by atoms with Crippen LogP contribution in [-0.4, -0.2) is 33.8 Å². The van der Waals surface area contributed by atoms with Gasteiger partial charge < -0.3 is 9.88 Å². The molecule has 0 saturated heterocycles. The molecular weight excluding hydrogens is 456 g/mol. The molecule has 0 aliphatic carbocycles. The average molecular weight is 489 g/mol. The summed E-state index contributed by atoms with van der Waals surface area (Å²) in [6, 6.07) is 18.5. The standard InChI is InChI=1S/C11H14N2O2.C9H9N.C8H9NO2/c1-9-5-4-6-11(13(14)15)10(9)7-8-12(2)3;1-7-3-2-4-9-8(7)5-6-10-9;1-6-4-3-5-8(7(6)2)9(10)11/h4-8H,1-3H3;2-6,10H,1H3;3-5H,1-2H3/b8-7+;;. The Bertz CT molecular complexity index is 1370. The first-order chi connectivity index (χ1) is 17.0. The predicted octanol–water partition coefficient (Wildman–Crippen LogP) is 7.12. The van der Waals surface area contributed by atoms with Crippen LogP contribution in [0.15, 0.2) is 73.1 Å². The predicted molar refractivity (Wildman–Crippen MR) is 146 cm³/mol. The molecule has 0 atom stereocenters. The van der Waals surface area contributed by atoms with Gasteiger partial charge in [0.2, 0.25) is 0 Å². The van der Waals surface area contributed by atoms with Crippen molar-refractivity contribution in [1.82, 2.24) is 9.88 Å². The number of benzene rings is 3. The van der Waals surface area contributed by atoms with E-state index in [1.807, 2.05) is 51.2 Å². The van der Waals surface area contributed by atoms with Crippen LogP contribution in [0.2, 0.25) is 0 Å². The molecular formula is C28H32N4O4. The fourth-order valence-corrected chi connectivity index (χ4v) is 3.44. The molecule has 4 aromatic rings. The van der Waals surface area contributed by atoms with E-state index in [0.29, 0.717) is 5.56 Å². The molecule has 0 aliphatic rings. The highest BCUT2D eigenvalue weighted by Crippen LogP contribution is 2.23. The van der Waals surface area contributed by atoms with Crippen LogP contribution >= 0.6 is 0 Å². The minimum Gasteiger partial charge on any atom is -0.383 e. The number of aryl methyl sites for hydroxylation is 3. The maximum atomic E-state index is 10.8. The van der Waals surface area contributed by atoms with Gasteiger partial charge in [0.05, 0.1) is 15.4 Å². The minimum atomic E-state index is -0.359. The number of nitrogens with one attached hydrogen (secondary N) is 1. The molecule has 0 saturated carbocycles. The van der Waals surface area contributed by atoms with Gasteiger partial charge in [-0.25, -0.2) is 0 Å². The van der Waals surface area contributed by atoms with Crippen LogP contribution in [0.4, 0.5) is 11.4 Å². The summed E-state index contributed by atoms with van der Waals surface area (Å²) in [4.78, 5) is 25.4. The summed E-state index contributed by atoms with van der Waals surface area (Å²) in [5.74, 6) is 0. The second kappa shape index (κ2) is 12.9. The van der Waals surface area contributed by atoms with E-state index in [2.05, 4.69) is 36.2 Å². The molecule has 0 spiro atoms. The summed E-state index contributed by atoms with van der Waals surface area (Å²) in [6.07, 6.45) is 5.53. The maximum absolute atomic E-state index is 10.8. The van der Waals surface area contributed by atoms with Gasteiger partial charge in [-0.3, -0.25) is 20.2 Å². The second-order valence-electron chi connectivity index (χ2n) is 8.53. The van der Waals surface area contributed by atoms with Gasteiger partial charge in [-0.1, -0.05) is 36.4 Å². The van der Waals surface area contributed by atoms with Crippen molar-refractivity contribution >= 4 is 28.4 Å². The minimum absolute atomic E-state index is 0.146. The molecule has 0 fully saturated rings. The van der Waals surface area contributed by atoms with Gasteiger partial charge in [0.25, 0.3) is 11.4 Å². The van der Waals surface area contributed by atoms with Crippen molar-refractivity contribution in [3.63, 3.8) is 0 Å². The molecule has 0 amide bonds. The SMILES string of the molecule is Cc1cccc([N+](=O)[O-])c1/C=C/N(C)C.Cc1cccc([N+](=O)[O-])c1C.Cc1cccc2[nH]ccc12. The third-order valence-electron chi connectivity index (χ3n) is 5.62. The van der Waals surface area contributed by atoms with Crippen LogP contribution in [0.1, 0.15) is 27.8 Å². The first-order valence-corrected chi connectivity index (χ1v) is 11.3. The number of fused-ring (bicyclic) bond motifs is 1. The van der Waals surface area contributed by atoms with Gasteiger partial charge in [0.15, 0.2) is 0 Å². The maximum Gasteiger partial charge on any atom is 0.276 e. The lowest BCUT2D eigenvalue weighted by Crippen LogP contribution is -2.00. The number of hydrogen-bond donors (Lipinski definition) is 1. The van der Waals surface area contributed by atoms with E-state index in [9.17, 15) is 20.2 Å². The Morgan fingerprint density at radius 3 is 1.86 bits per heavy atom. The highest BCUT2D eigenvalue weighted by atomic mass is 16.6. The summed E-state index contributed by atoms with van der Waals surface area (Å²) in [5.41, 5.74) is 6.17. The molecule has 3 aromatic carbocycles. The quantitative estimate of drug-likeness (QED) is 0.243. The second-order valence-corrected chi connectivity index (χ2v) is 8.53. The van der Waals surface area contributed by atoms with Crippen molar-refractivity contribution in [3.8, 4) is 0 Å². The number of rotatable bonds is 4. The summed E-state index contributed by atoms with van der Waals surface area (Å²) in [7, 11) is 3.75. The van der Waals surface area contributed by atoms with Crippen LogP contribution in [0.5, 0.6) is 0 Å². The van der Waals surface area contributed by atoms with Gasteiger partial charge in [0, 0.05) is 48.9 Å². The molecule has 8 heteroatoms. The smallest absolute Gasteiger partial charge is 0.276 e. The van der Waals surface area contributed by atoms with Crippen molar-refractivity contribution in [2.75, 3.05) is 14.1 Å². The third kappa shape index (κ3) is 7.53. The fourth-order valence-electron chi connectivity index (χ4n) is 3.44. The van der Waals surface area contributed by atoms with E-state index in [0.717, 1.165) is 16.7 Å². The Labute approximate surface area is 211 Å². The molecule has 4 rings (SSSR count). The lowest BCUT2D eigenvalue weighted by atomic mass is 10.1. The number of nitrogens with zero attached hydrogens (tertiary/aromatic N) is 3. The van der Waals surface area contributed by atoms with Crippen molar-refractivity contribution in [3.05, 3.63) is 121 Å². The van der Waals surface area contributed by atoms with Gasteiger partial charge in [-0.05, 0) is 68.8 Å². The highest BCUT2D eigenvalue weighted by molar-refractivity contribution is 5.82. The highest BCUT2D eigenvalue weighted by Gasteiger charge is 2.12. The Hall–Kier alpha value is -4.46. The van der Waals surface area contributed by atoms with E-state index < -0.39 is 0 Å². The Kier molecular flexibility index (Phi) is 9.92. The van der Waals surface area contributed by atoms with Crippen molar-refractivity contribution in [2.45, 2.75) is 27.7 Å². The van der Waals surface area contributed by atoms with Crippen LogP contribution in [0, 0.1) is 47.9 Å². The fraction of sp³-hybridized carbons (Fsp3) is 0.214. The Balaban J connectivity index is 0.000000195. The summed E-state index contributed by atoms with van der Waals surface area (Å²) >= 11 is 0. The third-order valence-corrected chi connectivity index (χ3v) is 5.62. The number of nitro benzene ring substituents is 2. The van der Waals surface area contributed by atoms with Crippen LogP contribution in [-0.2, 0) is 0 Å². The number of aromatic nitrogens is 1. The van der Waals surface area contributed by atoms with E-state index >= 15 is 0 Å². The molecule has 8 nitrogen and oxygen atoms in total. The average Bonchev–Trinajstić information content (AvgIpc) is 3.31. The van der Waals surface area contributed by atoms with Gasteiger partial charge in [-0.2, -0.15) is 0 Å². The van der Waals surface area contributed by atoms with E-state index in [-0.39, 0.29) is 21.2 Å². The zero-order valence-electron chi connectivity index (χ0n) is 21.5. The topological polar surface area (TPSA) is 105 Å². The molecule has 1 heterocycles. The van der Waals surface area contributed by atoms with Crippen molar-refractivity contribution in [2.24, 2.45) is 0 Å². The molecule has 0 unspecified atom stereocenters. The van der Waals surface area contributed by atoms with Gasteiger partial charge >= 0.3 is 0 Å². The van der Waals surface area contributed by atoms with Crippen LogP contribution in [0.25, 0.3) is 17.0 Å².